The normalized spacial score (nSPS) is 11.4. The molecule has 0 radical (unpaired) electrons. The van der Waals surface area contributed by atoms with Crippen LogP contribution in [0.2, 0.25) is 0 Å². The molecule has 2 aromatic heterocycles. The second-order valence-corrected chi connectivity index (χ2v) is 6.64. The molecule has 0 saturated heterocycles. The van der Waals surface area contributed by atoms with E-state index in [9.17, 15) is 10.1 Å². The lowest BCUT2D eigenvalue weighted by Gasteiger charge is -2.03. The Morgan fingerprint density at radius 2 is 1.97 bits per heavy atom. The van der Waals surface area contributed by atoms with Crippen LogP contribution in [0.1, 0.15) is 23.0 Å². The minimum absolute atomic E-state index is 0.338. The number of hydrogen-bond acceptors (Lipinski definition) is 5. The van der Waals surface area contributed by atoms with Crippen LogP contribution in [0.4, 0.5) is 0 Å². The number of furan rings is 1. The summed E-state index contributed by atoms with van der Waals surface area (Å²) in [4.78, 5) is 16.1. The van der Waals surface area contributed by atoms with E-state index in [1.165, 1.54) is 0 Å². The lowest BCUT2D eigenvalue weighted by Crippen LogP contribution is -2.03. The number of esters is 1. The molecule has 4 rings (SSSR count). The highest BCUT2D eigenvalue weighted by Gasteiger charge is 2.10. The first kappa shape index (κ1) is 19.2. The van der Waals surface area contributed by atoms with Crippen molar-refractivity contribution in [1.29, 1.82) is 5.26 Å². The fourth-order valence-electron chi connectivity index (χ4n) is 3.18. The summed E-state index contributed by atoms with van der Waals surface area (Å²) >= 11 is 0. The lowest BCUT2D eigenvalue weighted by molar-refractivity contribution is 0.0526. The Labute approximate surface area is 173 Å². The maximum atomic E-state index is 11.8. The second-order valence-electron chi connectivity index (χ2n) is 6.64. The number of hydrogen-bond donors (Lipinski definition) is 0. The number of carbonyl (C=O) groups is 1. The van der Waals surface area contributed by atoms with Crippen LogP contribution in [0.15, 0.2) is 77.0 Å². The van der Waals surface area contributed by atoms with Crippen molar-refractivity contribution in [3.05, 3.63) is 83.9 Å². The van der Waals surface area contributed by atoms with Gasteiger partial charge in [-0.3, -0.25) is 0 Å². The third-order valence-corrected chi connectivity index (χ3v) is 4.64. The smallest absolute Gasteiger partial charge is 0.338 e. The molecule has 0 spiro atoms. The van der Waals surface area contributed by atoms with Crippen molar-refractivity contribution in [3.8, 4) is 17.4 Å². The summed E-state index contributed by atoms with van der Waals surface area (Å²) in [7, 11) is 0. The molecule has 6 nitrogen and oxygen atoms in total. The molecule has 0 amide bonds. The third kappa shape index (κ3) is 4.01. The van der Waals surface area contributed by atoms with Gasteiger partial charge in [0.05, 0.1) is 47.7 Å². The van der Waals surface area contributed by atoms with Crippen LogP contribution in [0.25, 0.3) is 28.4 Å². The third-order valence-electron chi connectivity index (χ3n) is 4.64. The zero-order valence-electron chi connectivity index (χ0n) is 16.4. The standard InChI is InChI=1S/C24H19N3O3/c1-2-29-24(28)19-9-7-18(8-10-19)23-12-11-20(30-23)13-17(14-25)15-27-16-26-21-5-3-4-6-22(21)27/h3-13,16H,2,15H2,1H3/b17-13-. The zero-order chi connectivity index (χ0) is 20.9. The Morgan fingerprint density at radius 1 is 1.17 bits per heavy atom. The average molecular weight is 397 g/mol. The SMILES string of the molecule is CCOC(=O)c1ccc(-c2ccc(/C=C(/C#N)Cn3cnc4ccccc43)o2)cc1. The summed E-state index contributed by atoms with van der Waals surface area (Å²) in [5.41, 5.74) is 3.74. The minimum Gasteiger partial charge on any atom is -0.462 e. The number of ether oxygens (including phenoxy) is 1. The summed E-state index contributed by atoms with van der Waals surface area (Å²) in [5, 5.41) is 9.57. The van der Waals surface area contributed by atoms with Crippen LogP contribution in [-0.4, -0.2) is 22.1 Å². The lowest BCUT2D eigenvalue weighted by atomic mass is 10.1. The number of allylic oxidation sites excluding steroid dienone is 1. The molecule has 0 fully saturated rings. The fraction of sp³-hybridized carbons (Fsp3) is 0.125. The van der Waals surface area contributed by atoms with Gasteiger partial charge in [-0.1, -0.05) is 24.3 Å². The van der Waals surface area contributed by atoms with Gasteiger partial charge in [-0.2, -0.15) is 5.26 Å². The summed E-state index contributed by atoms with van der Waals surface area (Å²) in [6.07, 6.45) is 3.46. The number of nitriles is 1. The van der Waals surface area contributed by atoms with E-state index in [0.717, 1.165) is 16.6 Å². The molecule has 148 valence electrons. The molecule has 0 N–H and O–H groups in total. The van der Waals surface area contributed by atoms with Gasteiger partial charge in [0.1, 0.15) is 11.5 Å². The molecule has 30 heavy (non-hydrogen) atoms. The molecule has 0 bridgehead atoms. The first-order valence-electron chi connectivity index (χ1n) is 9.56. The van der Waals surface area contributed by atoms with Crippen LogP contribution in [0, 0.1) is 11.3 Å². The molecule has 0 unspecified atom stereocenters. The number of aromatic nitrogens is 2. The van der Waals surface area contributed by atoms with Gasteiger partial charge in [0.2, 0.25) is 0 Å². The minimum atomic E-state index is -0.349. The van der Waals surface area contributed by atoms with Gasteiger partial charge in [0.15, 0.2) is 0 Å². The van der Waals surface area contributed by atoms with Gasteiger partial charge in [0.25, 0.3) is 0 Å². The average Bonchev–Trinajstić information content (AvgIpc) is 3.41. The first-order valence-corrected chi connectivity index (χ1v) is 9.56. The highest BCUT2D eigenvalue weighted by atomic mass is 16.5. The summed E-state index contributed by atoms with van der Waals surface area (Å²) < 4.78 is 12.8. The number of carbonyl (C=O) groups excluding carboxylic acids is 1. The topological polar surface area (TPSA) is 81.0 Å². The Balaban J connectivity index is 1.53. The van der Waals surface area contributed by atoms with Crippen molar-refractivity contribution >= 4 is 23.1 Å². The molecule has 0 saturated carbocycles. The summed E-state index contributed by atoms with van der Waals surface area (Å²) in [6.45, 7) is 2.51. The number of imidazole rings is 1. The van der Waals surface area contributed by atoms with E-state index in [2.05, 4.69) is 11.1 Å². The molecular weight excluding hydrogens is 378 g/mol. The number of rotatable bonds is 6. The zero-order valence-corrected chi connectivity index (χ0v) is 16.4. The Hall–Kier alpha value is -4.11. The van der Waals surface area contributed by atoms with E-state index in [0.29, 0.717) is 35.8 Å². The molecule has 0 aliphatic heterocycles. The van der Waals surface area contributed by atoms with Crippen molar-refractivity contribution < 1.29 is 13.9 Å². The van der Waals surface area contributed by atoms with Crippen molar-refractivity contribution in [2.75, 3.05) is 6.61 Å². The van der Waals surface area contributed by atoms with Crippen LogP contribution in [-0.2, 0) is 11.3 Å². The van der Waals surface area contributed by atoms with Gasteiger partial charge < -0.3 is 13.7 Å². The highest BCUT2D eigenvalue weighted by Crippen LogP contribution is 2.24. The van der Waals surface area contributed by atoms with E-state index < -0.39 is 0 Å². The Bertz CT molecular complexity index is 1260. The van der Waals surface area contributed by atoms with E-state index in [4.69, 9.17) is 9.15 Å². The second kappa shape index (κ2) is 8.50. The van der Waals surface area contributed by atoms with Crippen LogP contribution in [0.3, 0.4) is 0 Å². The largest absolute Gasteiger partial charge is 0.462 e. The molecule has 0 atom stereocenters. The molecule has 0 aliphatic rings. The Morgan fingerprint density at radius 3 is 2.73 bits per heavy atom. The quantitative estimate of drug-likeness (QED) is 0.335. The van der Waals surface area contributed by atoms with E-state index in [1.807, 2.05) is 41.0 Å². The predicted octanol–water partition coefficient (Wildman–Crippen LogP) is 5.08. The predicted molar refractivity (Wildman–Crippen MR) is 113 cm³/mol. The van der Waals surface area contributed by atoms with Gasteiger partial charge in [-0.25, -0.2) is 9.78 Å². The monoisotopic (exact) mass is 397 g/mol. The Kier molecular flexibility index (Phi) is 5.44. The number of para-hydroxylation sites is 2. The van der Waals surface area contributed by atoms with Gasteiger partial charge >= 0.3 is 5.97 Å². The fourth-order valence-corrected chi connectivity index (χ4v) is 3.18. The molecule has 4 aromatic rings. The van der Waals surface area contributed by atoms with E-state index in [1.54, 1.807) is 43.6 Å². The van der Waals surface area contributed by atoms with Crippen LogP contribution < -0.4 is 0 Å². The summed E-state index contributed by atoms with van der Waals surface area (Å²) in [5.74, 6) is 0.889. The van der Waals surface area contributed by atoms with Crippen LogP contribution >= 0.6 is 0 Å². The van der Waals surface area contributed by atoms with E-state index in [-0.39, 0.29) is 5.97 Å². The van der Waals surface area contributed by atoms with E-state index >= 15 is 0 Å². The highest BCUT2D eigenvalue weighted by molar-refractivity contribution is 5.90. The first-order chi connectivity index (χ1) is 14.7. The van der Waals surface area contributed by atoms with Crippen molar-refractivity contribution in [3.63, 3.8) is 0 Å². The molecule has 2 aromatic carbocycles. The molecule has 2 heterocycles. The number of benzene rings is 2. The summed E-state index contributed by atoms with van der Waals surface area (Å²) in [6, 6.07) is 20.7. The number of nitrogens with zero attached hydrogens (tertiary/aromatic N) is 3. The van der Waals surface area contributed by atoms with Crippen LogP contribution in [0.5, 0.6) is 0 Å². The van der Waals surface area contributed by atoms with Gasteiger partial charge in [0, 0.05) is 5.56 Å². The van der Waals surface area contributed by atoms with Gasteiger partial charge in [-0.05, 0) is 49.4 Å². The maximum absolute atomic E-state index is 11.8. The van der Waals surface area contributed by atoms with Crippen molar-refractivity contribution in [2.45, 2.75) is 13.5 Å². The maximum Gasteiger partial charge on any atom is 0.338 e. The van der Waals surface area contributed by atoms with Crippen molar-refractivity contribution in [2.24, 2.45) is 0 Å². The molecular formula is C24H19N3O3. The van der Waals surface area contributed by atoms with Gasteiger partial charge in [-0.15, -0.1) is 0 Å². The van der Waals surface area contributed by atoms with Crippen molar-refractivity contribution in [1.82, 2.24) is 9.55 Å². The molecule has 0 aliphatic carbocycles. The number of fused-ring (bicyclic) bond motifs is 1. The molecule has 6 heteroatoms.